The molecule has 166 valence electrons. The van der Waals surface area contributed by atoms with Crippen molar-refractivity contribution in [2.24, 2.45) is 0 Å². The molecule has 8 nitrogen and oxygen atoms in total. The van der Waals surface area contributed by atoms with E-state index in [1.165, 1.54) is 4.31 Å². The van der Waals surface area contributed by atoms with Gasteiger partial charge in [-0.1, -0.05) is 19.1 Å². The summed E-state index contributed by atoms with van der Waals surface area (Å²) < 4.78 is 38.8. The van der Waals surface area contributed by atoms with Gasteiger partial charge >= 0.3 is 0 Å². The first-order chi connectivity index (χ1) is 15.0. The molecule has 2 aromatic rings. The van der Waals surface area contributed by atoms with Crippen molar-refractivity contribution >= 4 is 15.9 Å². The predicted octanol–water partition coefficient (Wildman–Crippen LogP) is 1.96. The normalized spacial score (nSPS) is 20.0. The maximum absolute atomic E-state index is 13.0. The first-order valence-electron chi connectivity index (χ1n) is 10.6. The van der Waals surface area contributed by atoms with Crippen LogP contribution in [0.4, 0.5) is 0 Å². The van der Waals surface area contributed by atoms with Crippen molar-refractivity contribution in [3.63, 3.8) is 0 Å². The number of amides is 1. The van der Waals surface area contributed by atoms with Crippen molar-refractivity contribution in [2.45, 2.75) is 30.8 Å². The SMILES string of the molecule is CCc1ccc(S(=O)(=O)N2CCC(Oc3ncccc3C(=O)N3CCOCC3)C2)cc1. The highest BCUT2D eigenvalue weighted by Gasteiger charge is 2.34. The first kappa shape index (κ1) is 21.7. The molecule has 4 rings (SSSR count). The van der Waals surface area contributed by atoms with Crippen LogP contribution in [0.2, 0.25) is 0 Å². The van der Waals surface area contributed by atoms with Crippen molar-refractivity contribution in [1.29, 1.82) is 0 Å². The third kappa shape index (κ3) is 4.73. The molecule has 31 heavy (non-hydrogen) atoms. The largest absolute Gasteiger partial charge is 0.472 e. The van der Waals surface area contributed by atoms with Gasteiger partial charge in [0, 0.05) is 25.8 Å². The first-order valence-corrected chi connectivity index (χ1v) is 12.0. The van der Waals surface area contributed by atoms with Gasteiger partial charge in [-0.15, -0.1) is 0 Å². The third-order valence-electron chi connectivity index (χ3n) is 5.66. The van der Waals surface area contributed by atoms with Crippen molar-refractivity contribution in [3.8, 4) is 5.88 Å². The summed E-state index contributed by atoms with van der Waals surface area (Å²) in [6, 6.07) is 10.4. The highest BCUT2D eigenvalue weighted by atomic mass is 32.2. The van der Waals surface area contributed by atoms with E-state index in [0.717, 1.165) is 12.0 Å². The van der Waals surface area contributed by atoms with Crippen molar-refractivity contribution in [1.82, 2.24) is 14.2 Å². The summed E-state index contributed by atoms with van der Waals surface area (Å²) in [5.41, 5.74) is 1.48. The minimum Gasteiger partial charge on any atom is -0.472 e. The molecule has 0 N–H and O–H groups in total. The van der Waals surface area contributed by atoms with Crippen LogP contribution in [-0.2, 0) is 21.2 Å². The topological polar surface area (TPSA) is 89.0 Å². The zero-order chi connectivity index (χ0) is 21.8. The molecule has 3 heterocycles. The van der Waals surface area contributed by atoms with Crippen LogP contribution in [0.1, 0.15) is 29.3 Å². The maximum Gasteiger partial charge on any atom is 0.259 e. The van der Waals surface area contributed by atoms with Crippen LogP contribution in [0.5, 0.6) is 5.88 Å². The minimum atomic E-state index is -3.59. The number of hydrogen-bond acceptors (Lipinski definition) is 6. The van der Waals surface area contributed by atoms with Crippen LogP contribution < -0.4 is 4.74 Å². The van der Waals surface area contributed by atoms with Gasteiger partial charge in [0.1, 0.15) is 11.7 Å². The molecule has 1 unspecified atom stereocenters. The van der Waals surface area contributed by atoms with Gasteiger partial charge in [0.15, 0.2) is 0 Å². The Labute approximate surface area is 182 Å². The molecule has 0 bridgehead atoms. The molecule has 2 aliphatic rings. The summed E-state index contributed by atoms with van der Waals surface area (Å²) in [5.74, 6) is 0.0976. The summed E-state index contributed by atoms with van der Waals surface area (Å²) in [6.45, 7) is 4.69. The number of carbonyl (C=O) groups is 1. The highest BCUT2D eigenvalue weighted by molar-refractivity contribution is 7.89. The lowest BCUT2D eigenvalue weighted by atomic mass is 10.2. The number of aromatic nitrogens is 1. The lowest BCUT2D eigenvalue weighted by Gasteiger charge is -2.27. The number of rotatable bonds is 6. The fourth-order valence-corrected chi connectivity index (χ4v) is 5.29. The lowest BCUT2D eigenvalue weighted by Crippen LogP contribution is -2.41. The second-order valence-electron chi connectivity index (χ2n) is 7.65. The highest BCUT2D eigenvalue weighted by Crippen LogP contribution is 2.26. The number of carbonyl (C=O) groups excluding carboxylic acids is 1. The van der Waals surface area contributed by atoms with Crippen LogP contribution >= 0.6 is 0 Å². The number of pyridine rings is 1. The number of hydrogen-bond donors (Lipinski definition) is 0. The van der Waals surface area contributed by atoms with Crippen molar-refractivity contribution in [2.75, 3.05) is 39.4 Å². The van der Waals surface area contributed by atoms with E-state index >= 15 is 0 Å². The summed E-state index contributed by atoms with van der Waals surface area (Å²) >= 11 is 0. The molecule has 0 aliphatic carbocycles. The van der Waals surface area contributed by atoms with Crippen LogP contribution in [0.15, 0.2) is 47.5 Å². The van der Waals surface area contributed by atoms with E-state index in [0.29, 0.717) is 44.8 Å². The third-order valence-corrected chi connectivity index (χ3v) is 7.53. The number of benzene rings is 1. The molecule has 2 aliphatic heterocycles. The molecule has 2 saturated heterocycles. The number of morpholine rings is 1. The molecule has 0 radical (unpaired) electrons. The molecule has 1 atom stereocenters. The van der Waals surface area contributed by atoms with Gasteiger partial charge in [-0.25, -0.2) is 13.4 Å². The van der Waals surface area contributed by atoms with Gasteiger partial charge in [-0.3, -0.25) is 4.79 Å². The molecule has 2 fully saturated rings. The van der Waals surface area contributed by atoms with E-state index in [4.69, 9.17) is 9.47 Å². The fourth-order valence-electron chi connectivity index (χ4n) is 3.80. The van der Waals surface area contributed by atoms with Crippen LogP contribution in [-0.4, -0.2) is 74.0 Å². The van der Waals surface area contributed by atoms with E-state index < -0.39 is 10.0 Å². The minimum absolute atomic E-state index is 0.148. The standard InChI is InChI=1S/C22H27N3O5S/c1-2-17-5-7-19(8-6-17)31(27,28)25-11-9-18(16-25)30-21-20(4-3-10-23-21)22(26)24-12-14-29-15-13-24/h3-8,10,18H,2,9,11-16H2,1H3. The summed E-state index contributed by atoms with van der Waals surface area (Å²) in [6.07, 6.45) is 2.60. The number of aryl methyl sites for hydroxylation is 1. The zero-order valence-corrected chi connectivity index (χ0v) is 18.4. The Kier molecular flexibility index (Phi) is 6.54. The van der Waals surface area contributed by atoms with Crippen molar-refractivity contribution < 1.29 is 22.7 Å². The summed E-state index contributed by atoms with van der Waals surface area (Å²) in [5, 5.41) is 0. The Morgan fingerprint density at radius 1 is 1.16 bits per heavy atom. The molecule has 1 aromatic carbocycles. The fraction of sp³-hybridized carbons (Fsp3) is 0.455. The van der Waals surface area contributed by atoms with E-state index in [2.05, 4.69) is 4.98 Å². The average molecular weight is 446 g/mol. The molecule has 9 heteroatoms. The monoisotopic (exact) mass is 445 g/mol. The number of nitrogens with zero attached hydrogens (tertiary/aromatic N) is 3. The van der Waals surface area contributed by atoms with Gasteiger partial charge in [0.25, 0.3) is 5.91 Å². The number of ether oxygens (including phenoxy) is 2. The van der Waals surface area contributed by atoms with E-state index in [9.17, 15) is 13.2 Å². The van der Waals surface area contributed by atoms with Gasteiger partial charge in [-0.2, -0.15) is 4.31 Å². The van der Waals surface area contributed by atoms with E-state index in [1.54, 1.807) is 35.4 Å². The lowest BCUT2D eigenvalue weighted by molar-refractivity contribution is 0.0298. The van der Waals surface area contributed by atoms with Crippen LogP contribution in [0.25, 0.3) is 0 Å². The second-order valence-corrected chi connectivity index (χ2v) is 9.59. The van der Waals surface area contributed by atoms with Crippen molar-refractivity contribution in [3.05, 3.63) is 53.7 Å². The zero-order valence-electron chi connectivity index (χ0n) is 17.6. The number of sulfonamides is 1. The maximum atomic E-state index is 13.0. The summed E-state index contributed by atoms with van der Waals surface area (Å²) in [7, 11) is -3.59. The van der Waals surface area contributed by atoms with Gasteiger partial charge in [0.05, 0.1) is 24.7 Å². The summed E-state index contributed by atoms with van der Waals surface area (Å²) in [4.78, 5) is 19.2. The Morgan fingerprint density at radius 3 is 2.61 bits per heavy atom. The predicted molar refractivity (Wildman–Crippen MR) is 115 cm³/mol. The Hall–Kier alpha value is -2.49. The molecule has 0 saturated carbocycles. The molecule has 1 aromatic heterocycles. The Morgan fingerprint density at radius 2 is 1.90 bits per heavy atom. The molecular formula is C22H27N3O5S. The van der Waals surface area contributed by atoms with E-state index in [-0.39, 0.29) is 29.3 Å². The van der Waals surface area contributed by atoms with Gasteiger partial charge in [0.2, 0.25) is 15.9 Å². The molecule has 0 spiro atoms. The van der Waals surface area contributed by atoms with Gasteiger partial charge < -0.3 is 14.4 Å². The second kappa shape index (κ2) is 9.33. The quantitative estimate of drug-likeness (QED) is 0.675. The van der Waals surface area contributed by atoms with Crippen LogP contribution in [0, 0.1) is 0 Å². The molecule has 1 amide bonds. The Balaban J connectivity index is 1.45. The van der Waals surface area contributed by atoms with E-state index in [1.807, 2.05) is 19.1 Å². The molecular weight excluding hydrogens is 418 g/mol. The average Bonchev–Trinajstić information content (AvgIpc) is 3.29. The van der Waals surface area contributed by atoms with Gasteiger partial charge in [-0.05, 0) is 42.7 Å². The Bertz CT molecular complexity index is 1020. The smallest absolute Gasteiger partial charge is 0.259 e. The van der Waals surface area contributed by atoms with Crippen LogP contribution in [0.3, 0.4) is 0 Å².